The molecule has 0 radical (unpaired) electrons. The number of hydrogen-bond acceptors (Lipinski definition) is 3. The third-order valence-electron chi connectivity index (χ3n) is 1.50. The van der Waals surface area contributed by atoms with Crippen molar-refractivity contribution < 1.29 is 0 Å². The minimum Gasteiger partial charge on any atom is -0.234 e. The Kier molecular flexibility index (Phi) is 1.72. The fraction of sp³-hybridized carbons (Fsp3) is 0. The molecule has 4 heteroatoms. The average Bonchev–Trinajstić information content (AvgIpc) is 2.46. The fourth-order valence-electron chi connectivity index (χ4n) is 0.968. The zero-order valence-corrected chi connectivity index (χ0v) is 7.49. The Morgan fingerprint density at radius 3 is 3.08 bits per heavy atom. The van der Waals surface area contributed by atoms with E-state index in [9.17, 15) is 0 Å². The van der Waals surface area contributed by atoms with Gasteiger partial charge in [0.05, 0.1) is 10.3 Å². The van der Waals surface area contributed by atoms with E-state index >= 15 is 0 Å². The Morgan fingerprint density at radius 2 is 2.33 bits per heavy atom. The first kappa shape index (κ1) is 7.53. The van der Waals surface area contributed by atoms with Crippen molar-refractivity contribution in [2.24, 2.45) is 0 Å². The number of nitrogens with zero attached hydrogens (tertiary/aromatic N) is 2. The van der Waals surface area contributed by atoms with Crippen LogP contribution >= 0.6 is 22.9 Å². The summed E-state index contributed by atoms with van der Waals surface area (Å²) < 4.78 is 0.996. The zero-order chi connectivity index (χ0) is 8.55. The molecule has 58 valence electrons. The van der Waals surface area contributed by atoms with Crippen LogP contribution in [0.25, 0.3) is 10.2 Å². The van der Waals surface area contributed by atoms with E-state index in [-0.39, 0.29) is 0 Å². The van der Waals surface area contributed by atoms with Gasteiger partial charge in [-0.3, -0.25) is 0 Å². The van der Waals surface area contributed by atoms with Crippen molar-refractivity contribution in [2.45, 2.75) is 0 Å². The van der Waals surface area contributed by atoms with Crippen molar-refractivity contribution in [2.75, 3.05) is 0 Å². The van der Waals surface area contributed by atoms with Gasteiger partial charge in [-0.2, -0.15) is 5.26 Å². The number of halogens is 1. The molecule has 0 amide bonds. The Balaban J connectivity index is 2.86. The predicted octanol–water partition coefficient (Wildman–Crippen LogP) is 2.82. The van der Waals surface area contributed by atoms with E-state index in [1.165, 1.54) is 11.3 Å². The molecule has 0 bridgehead atoms. The van der Waals surface area contributed by atoms with Crippen LogP contribution in [0.1, 0.15) is 5.56 Å². The number of thiophene rings is 1. The molecule has 2 aromatic rings. The lowest BCUT2D eigenvalue weighted by atomic mass is 10.3. The van der Waals surface area contributed by atoms with E-state index in [1.54, 1.807) is 11.4 Å². The van der Waals surface area contributed by atoms with Gasteiger partial charge < -0.3 is 0 Å². The summed E-state index contributed by atoms with van der Waals surface area (Å²) in [6.07, 6.45) is 0. The van der Waals surface area contributed by atoms with Crippen molar-refractivity contribution in [3.05, 3.63) is 28.2 Å². The molecule has 0 atom stereocenters. The molecule has 0 saturated heterocycles. The quantitative estimate of drug-likeness (QED) is 0.605. The van der Waals surface area contributed by atoms with E-state index in [0.717, 1.165) is 4.70 Å². The standard InChI is InChI=1S/C8H3ClN2S/c9-7-2-1-6-8(11-7)5(3-10)4-12-6/h1-2,4H. The third-order valence-corrected chi connectivity index (χ3v) is 2.65. The van der Waals surface area contributed by atoms with Crippen molar-refractivity contribution in [1.29, 1.82) is 5.26 Å². The Labute approximate surface area is 78.0 Å². The Bertz CT molecular complexity index is 469. The van der Waals surface area contributed by atoms with Crippen LogP contribution in [0.15, 0.2) is 17.5 Å². The highest BCUT2D eigenvalue weighted by atomic mass is 35.5. The summed E-state index contributed by atoms with van der Waals surface area (Å²) in [6.45, 7) is 0. The predicted molar refractivity (Wildman–Crippen MR) is 49.3 cm³/mol. The van der Waals surface area contributed by atoms with E-state index < -0.39 is 0 Å². The summed E-state index contributed by atoms with van der Waals surface area (Å²) in [5.41, 5.74) is 1.30. The molecule has 2 aromatic heterocycles. The van der Waals surface area contributed by atoms with Gasteiger partial charge in [0.15, 0.2) is 0 Å². The summed E-state index contributed by atoms with van der Waals surface area (Å²) in [5, 5.41) is 10.9. The molecule has 2 rings (SSSR count). The van der Waals surface area contributed by atoms with Gasteiger partial charge >= 0.3 is 0 Å². The Morgan fingerprint density at radius 1 is 1.50 bits per heavy atom. The van der Waals surface area contributed by atoms with Gasteiger partial charge in [0.2, 0.25) is 0 Å². The average molecular weight is 195 g/mol. The first-order valence-corrected chi connectivity index (χ1v) is 4.51. The lowest BCUT2D eigenvalue weighted by Crippen LogP contribution is -1.76. The van der Waals surface area contributed by atoms with Crippen LogP contribution in [0, 0.1) is 11.3 Å². The largest absolute Gasteiger partial charge is 0.234 e. The second-order valence-electron chi connectivity index (χ2n) is 2.24. The van der Waals surface area contributed by atoms with Gasteiger partial charge in [-0.1, -0.05) is 11.6 Å². The van der Waals surface area contributed by atoms with E-state index in [4.69, 9.17) is 16.9 Å². The minimum atomic E-state index is 0.428. The van der Waals surface area contributed by atoms with Crippen LogP contribution < -0.4 is 0 Å². The topological polar surface area (TPSA) is 36.7 Å². The molecule has 0 aliphatic heterocycles. The van der Waals surface area contributed by atoms with Gasteiger partial charge in [0.25, 0.3) is 0 Å². The molecule has 0 N–H and O–H groups in total. The molecule has 0 aliphatic rings. The van der Waals surface area contributed by atoms with Crippen LogP contribution in [0.5, 0.6) is 0 Å². The second-order valence-corrected chi connectivity index (χ2v) is 3.54. The first-order chi connectivity index (χ1) is 5.81. The summed E-state index contributed by atoms with van der Waals surface area (Å²) in [7, 11) is 0. The molecule has 0 spiro atoms. The molecular formula is C8H3ClN2S. The number of nitriles is 1. The van der Waals surface area contributed by atoms with Crippen molar-refractivity contribution in [3.63, 3.8) is 0 Å². The molecule has 0 aliphatic carbocycles. The van der Waals surface area contributed by atoms with Crippen LogP contribution in [-0.4, -0.2) is 4.98 Å². The second kappa shape index (κ2) is 2.74. The zero-order valence-electron chi connectivity index (χ0n) is 5.91. The first-order valence-electron chi connectivity index (χ1n) is 3.25. The summed E-state index contributed by atoms with van der Waals surface area (Å²) in [4.78, 5) is 4.06. The van der Waals surface area contributed by atoms with Crippen LogP contribution in [-0.2, 0) is 0 Å². The fourth-order valence-corrected chi connectivity index (χ4v) is 1.94. The number of rotatable bonds is 0. The maximum absolute atomic E-state index is 8.69. The van der Waals surface area contributed by atoms with Gasteiger partial charge in [-0.15, -0.1) is 11.3 Å². The molecule has 2 nitrogen and oxygen atoms in total. The van der Waals surface area contributed by atoms with E-state index in [1.807, 2.05) is 6.07 Å². The van der Waals surface area contributed by atoms with Gasteiger partial charge in [0.1, 0.15) is 16.7 Å². The lowest BCUT2D eigenvalue weighted by molar-refractivity contribution is 1.41. The lowest BCUT2D eigenvalue weighted by Gasteiger charge is -1.89. The van der Waals surface area contributed by atoms with Gasteiger partial charge in [-0.25, -0.2) is 4.98 Å². The number of hydrogen-bond donors (Lipinski definition) is 0. The van der Waals surface area contributed by atoms with Crippen molar-refractivity contribution >= 4 is 33.2 Å². The highest BCUT2D eigenvalue weighted by Gasteiger charge is 2.04. The molecule has 12 heavy (non-hydrogen) atoms. The highest BCUT2D eigenvalue weighted by molar-refractivity contribution is 7.17. The van der Waals surface area contributed by atoms with E-state index in [2.05, 4.69) is 11.1 Å². The smallest absolute Gasteiger partial charge is 0.129 e. The molecular weight excluding hydrogens is 192 g/mol. The van der Waals surface area contributed by atoms with Gasteiger partial charge in [0, 0.05) is 5.38 Å². The molecule has 0 unspecified atom stereocenters. The summed E-state index contributed by atoms with van der Waals surface area (Å²) >= 11 is 7.19. The maximum Gasteiger partial charge on any atom is 0.129 e. The number of aromatic nitrogens is 1. The monoisotopic (exact) mass is 194 g/mol. The van der Waals surface area contributed by atoms with Crippen LogP contribution in [0.4, 0.5) is 0 Å². The molecule has 0 aromatic carbocycles. The van der Waals surface area contributed by atoms with Crippen molar-refractivity contribution in [1.82, 2.24) is 4.98 Å². The van der Waals surface area contributed by atoms with Gasteiger partial charge in [-0.05, 0) is 12.1 Å². The third kappa shape index (κ3) is 1.06. The molecule has 0 fully saturated rings. The van der Waals surface area contributed by atoms with Crippen LogP contribution in [0.2, 0.25) is 5.15 Å². The number of pyridine rings is 1. The number of fused-ring (bicyclic) bond motifs is 1. The minimum absolute atomic E-state index is 0.428. The maximum atomic E-state index is 8.69. The summed E-state index contributed by atoms with van der Waals surface area (Å²) in [5.74, 6) is 0. The molecule has 0 saturated carbocycles. The highest BCUT2D eigenvalue weighted by Crippen LogP contribution is 2.24. The SMILES string of the molecule is N#Cc1csc2ccc(Cl)nc12. The van der Waals surface area contributed by atoms with Crippen LogP contribution in [0.3, 0.4) is 0 Å². The van der Waals surface area contributed by atoms with Crippen molar-refractivity contribution in [3.8, 4) is 6.07 Å². The van der Waals surface area contributed by atoms with E-state index in [0.29, 0.717) is 16.2 Å². The molecule has 2 heterocycles. The Hall–Kier alpha value is -1.11. The summed E-state index contributed by atoms with van der Waals surface area (Å²) in [6, 6.07) is 5.66. The normalized spacial score (nSPS) is 10.0.